The number of anilines is 1. The molecule has 11 nitrogen and oxygen atoms in total. The Morgan fingerprint density at radius 3 is 2.85 bits per heavy atom. The Morgan fingerprint density at radius 2 is 2.02 bits per heavy atom. The maximum absolute atomic E-state index is 14.6. The van der Waals surface area contributed by atoms with Crippen molar-refractivity contribution < 1.29 is 19.0 Å². The van der Waals surface area contributed by atoms with Gasteiger partial charge in [0.2, 0.25) is 0 Å². The molecule has 3 aromatic rings. The predicted octanol–water partition coefficient (Wildman–Crippen LogP) is 3.93. The Balaban J connectivity index is 1.19. The molecule has 2 saturated heterocycles. The first-order valence-electron chi connectivity index (χ1n) is 16.7. The van der Waals surface area contributed by atoms with Gasteiger partial charge >= 0.3 is 6.01 Å². The summed E-state index contributed by atoms with van der Waals surface area (Å²) in [4.78, 5) is 31.3. The number of carbonyl (C=O) groups is 1. The molecule has 1 spiro atoms. The van der Waals surface area contributed by atoms with Crippen LogP contribution in [0.5, 0.6) is 11.8 Å². The highest BCUT2D eigenvalue weighted by atomic mass is 35.5. The van der Waals surface area contributed by atoms with Crippen molar-refractivity contribution in [2.45, 2.75) is 81.8 Å². The zero-order chi connectivity index (χ0) is 32.7. The molecule has 47 heavy (non-hydrogen) atoms. The van der Waals surface area contributed by atoms with Crippen molar-refractivity contribution in [1.29, 1.82) is 0 Å². The molecule has 8 rings (SSSR count). The fraction of sp³-hybridized carbons (Fsp3) is 0.588. The van der Waals surface area contributed by atoms with Crippen LogP contribution in [0.15, 0.2) is 18.2 Å². The lowest BCUT2D eigenvalue weighted by Gasteiger charge is -2.45. The molecule has 2 aromatic heterocycles. The number of rotatable bonds is 5. The number of aryl methyl sites for hydroxylation is 2. The maximum atomic E-state index is 14.6. The van der Waals surface area contributed by atoms with Crippen molar-refractivity contribution in [1.82, 2.24) is 34.4 Å². The van der Waals surface area contributed by atoms with Crippen molar-refractivity contribution in [3.63, 3.8) is 0 Å². The third-order valence-electron chi connectivity index (χ3n) is 11.3. The van der Waals surface area contributed by atoms with Crippen molar-refractivity contribution in [3.05, 3.63) is 57.0 Å². The number of ether oxygens (including phenoxy) is 1. The average molecular weight is 665 g/mol. The van der Waals surface area contributed by atoms with Gasteiger partial charge in [0.1, 0.15) is 24.3 Å². The molecule has 13 heteroatoms. The van der Waals surface area contributed by atoms with Gasteiger partial charge in [-0.15, -0.1) is 0 Å². The highest BCUT2D eigenvalue weighted by Crippen LogP contribution is 2.51. The predicted molar refractivity (Wildman–Crippen MR) is 175 cm³/mol. The average Bonchev–Trinajstić information content (AvgIpc) is 3.73. The number of benzene rings is 1. The second-order valence-electron chi connectivity index (χ2n) is 14.3. The van der Waals surface area contributed by atoms with Gasteiger partial charge in [0.25, 0.3) is 5.91 Å². The summed E-state index contributed by atoms with van der Waals surface area (Å²) in [5.41, 5.74) is 4.40. The molecule has 0 bridgehead atoms. The molecule has 6 heterocycles. The normalized spacial score (nSPS) is 27.0. The quantitative estimate of drug-likeness (QED) is 0.435. The van der Waals surface area contributed by atoms with Gasteiger partial charge in [-0.2, -0.15) is 15.1 Å². The number of phenols is 1. The summed E-state index contributed by atoms with van der Waals surface area (Å²) in [6.07, 6.45) is 4.71. The number of carbonyl (C=O) groups excluding carboxylic acids is 1. The van der Waals surface area contributed by atoms with Gasteiger partial charge in [0, 0.05) is 64.2 Å². The largest absolute Gasteiger partial charge is 0.508 e. The Hall–Kier alpha value is -3.48. The molecular formula is C34H42ClFN8O3. The van der Waals surface area contributed by atoms with Gasteiger partial charge in [-0.3, -0.25) is 19.3 Å². The molecule has 3 atom stereocenters. The molecule has 0 radical (unpaired) electrons. The molecule has 1 amide bonds. The Labute approximate surface area is 279 Å². The number of phenolic OH excluding ortho intramolecular Hbond substituents is 1. The SMILES string of the molecule is CN(C)C(=O)c1nn2c(c1Cl)CN(c1nc(OC[C@@]34CCCN3C[C@H](F)C4)nc3c1CN(C)[C@@]1(CCc4cccc(O)c41)C3)CCC2. The Bertz CT molecular complexity index is 1750. The van der Waals surface area contributed by atoms with Crippen LogP contribution >= 0.6 is 11.6 Å². The standard InChI is InChI=1S/C34H42ClFN8O3/c1-40(2)31(46)29-28(35)25-19-42(12-6-14-44(25)39-29)30-23-18-41(3)34(11-9-21-7-4-8-26(45)27(21)34)16-24(23)37-32(38-30)47-20-33-10-5-13-43(33)17-22(36)15-33/h4,7-8,22,45H,5-6,9-20H2,1-3H3/t22-,33+,34+/m1/s1. The van der Waals surface area contributed by atoms with E-state index in [4.69, 9.17) is 26.3 Å². The van der Waals surface area contributed by atoms with Crippen LogP contribution < -0.4 is 9.64 Å². The van der Waals surface area contributed by atoms with Crippen molar-refractivity contribution in [3.8, 4) is 11.8 Å². The van der Waals surface area contributed by atoms with Gasteiger partial charge in [-0.25, -0.2) is 4.39 Å². The smallest absolute Gasteiger partial charge is 0.318 e. The summed E-state index contributed by atoms with van der Waals surface area (Å²) in [6, 6.07) is 6.10. The lowest BCUT2D eigenvalue weighted by Crippen LogP contribution is -2.48. The van der Waals surface area contributed by atoms with Crippen LogP contribution in [0.1, 0.15) is 70.7 Å². The lowest BCUT2D eigenvalue weighted by molar-refractivity contribution is 0.0821. The number of amides is 1. The number of aromatic hydroxyl groups is 1. The summed E-state index contributed by atoms with van der Waals surface area (Å²) in [5.74, 6) is 0.873. The second kappa shape index (κ2) is 11.3. The van der Waals surface area contributed by atoms with E-state index in [1.165, 1.54) is 10.5 Å². The van der Waals surface area contributed by atoms with Crippen LogP contribution in [0, 0.1) is 0 Å². The fourth-order valence-electron chi connectivity index (χ4n) is 8.95. The number of alkyl halides is 1. The van der Waals surface area contributed by atoms with Gasteiger partial charge in [0.15, 0.2) is 5.69 Å². The van der Waals surface area contributed by atoms with Crippen molar-refractivity contribution in [2.75, 3.05) is 52.3 Å². The first-order valence-corrected chi connectivity index (χ1v) is 17.1. The second-order valence-corrected chi connectivity index (χ2v) is 14.7. The minimum absolute atomic E-state index is 0.230. The van der Waals surface area contributed by atoms with Crippen LogP contribution in [-0.4, -0.2) is 105 Å². The minimum atomic E-state index is -0.847. The number of fused-ring (bicyclic) bond motifs is 5. The van der Waals surface area contributed by atoms with Gasteiger partial charge < -0.3 is 19.6 Å². The summed E-state index contributed by atoms with van der Waals surface area (Å²) in [5, 5.41) is 16.1. The van der Waals surface area contributed by atoms with E-state index < -0.39 is 11.7 Å². The van der Waals surface area contributed by atoms with Crippen LogP contribution in [-0.2, 0) is 38.0 Å². The maximum Gasteiger partial charge on any atom is 0.318 e. The third-order valence-corrected chi connectivity index (χ3v) is 11.7. The van der Waals surface area contributed by atoms with E-state index in [1.807, 2.05) is 10.7 Å². The summed E-state index contributed by atoms with van der Waals surface area (Å²) < 4.78 is 22.9. The van der Waals surface area contributed by atoms with E-state index >= 15 is 0 Å². The highest BCUT2D eigenvalue weighted by Gasteiger charge is 2.50. The van der Waals surface area contributed by atoms with Crippen LogP contribution in [0.3, 0.4) is 0 Å². The summed E-state index contributed by atoms with van der Waals surface area (Å²) in [7, 11) is 5.51. The number of hydrogen-bond acceptors (Lipinski definition) is 9. The van der Waals surface area contributed by atoms with E-state index in [2.05, 4.69) is 32.9 Å². The molecule has 1 aliphatic carbocycles. The molecule has 0 saturated carbocycles. The van der Waals surface area contributed by atoms with Crippen LogP contribution in [0.25, 0.3) is 0 Å². The molecular weight excluding hydrogens is 623 g/mol. The van der Waals surface area contributed by atoms with E-state index in [1.54, 1.807) is 20.2 Å². The number of halogens is 2. The van der Waals surface area contributed by atoms with E-state index in [0.29, 0.717) is 69.0 Å². The zero-order valence-corrected chi connectivity index (χ0v) is 28.1. The molecule has 5 aliphatic rings. The fourth-order valence-corrected chi connectivity index (χ4v) is 9.22. The van der Waals surface area contributed by atoms with Crippen LogP contribution in [0.4, 0.5) is 10.2 Å². The summed E-state index contributed by atoms with van der Waals surface area (Å²) >= 11 is 6.85. The van der Waals surface area contributed by atoms with Crippen LogP contribution in [0.2, 0.25) is 5.02 Å². The molecule has 2 fully saturated rings. The van der Waals surface area contributed by atoms with Crippen molar-refractivity contribution >= 4 is 23.3 Å². The number of likely N-dealkylation sites (N-methyl/N-ethyl adjacent to an activating group) is 1. The topological polar surface area (TPSA) is 103 Å². The molecule has 1 aromatic carbocycles. The van der Waals surface area contributed by atoms with Crippen molar-refractivity contribution in [2.24, 2.45) is 0 Å². The first kappa shape index (κ1) is 30.8. The van der Waals surface area contributed by atoms with Gasteiger partial charge in [0.05, 0.1) is 34.0 Å². The van der Waals surface area contributed by atoms with E-state index in [-0.39, 0.29) is 17.1 Å². The van der Waals surface area contributed by atoms with Gasteiger partial charge in [-0.05, 0) is 57.3 Å². The zero-order valence-electron chi connectivity index (χ0n) is 27.3. The molecule has 250 valence electrons. The van der Waals surface area contributed by atoms with E-state index in [0.717, 1.165) is 67.0 Å². The lowest BCUT2D eigenvalue weighted by atomic mass is 9.80. The third kappa shape index (κ3) is 4.89. The minimum Gasteiger partial charge on any atom is -0.508 e. The molecule has 0 unspecified atom stereocenters. The Kier molecular flexibility index (Phi) is 7.42. The number of nitrogens with zero attached hydrogens (tertiary/aromatic N) is 8. The summed E-state index contributed by atoms with van der Waals surface area (Å²) in [6.45, 7) is 4.04. The monoisotopic (exact) mass is 664 g/mol. The van der Waals surface area contributed by atoms with E-state index in [9.17, 15) is 14.3 Å². The highest BCUT2D eigenvalue weighted by molar-refractivity contribution is 6.34. The Morgan fingerprint density at radius 1 is 1.17 bits per heavy atom. The number of hydrogen-bond donors (Lipinski definition) is 1. The molecule has 1 N–H and O–H groups in total. The molecule has 4 aliphatic heterocycles. The number of aromatic nitrogens is 4. The first-order chi connectivity index (χ1) is 22.6. The van der Waals surface area contributed by atoms with Gasteiger partial charge in [-0.1, -0.05) is 23.7 Å².